The summed E-state index contributed by atoms with van der Waals surface area (Å²) in [5, 5.41) is 14.7. The maximum Gasteiger partial charge on any atom is 0.434 e. The lowest BCUT2D eigenvalue weighted by Crippen LogP contribution is -2.32. The number of aromatic nitrogens is 2. The van der Waals surface area contributed by atoms with Crippen molar-refractivity contribution in [2.45, 2.75) is 20.0 Å². The number of hydrogen-bond donors (Lipinski definition) is 2. The van der Waals surface area contributed by atoms with Gasteiger partial charge in [-0.15, -0.1) is 0 Å². The van der Waals surface area contributed by atoms with Gasteiger partial charge < -0.3 is 10.4 Å². The van der Waals surface area contributed by atoms with Gasteiger partial charge in [0.2, 0.25) is 0 Å². The summed E-state index contributed by atoms with van der Waals surface area (Å²) in [4.78, 5) is 22.8. The maximum absolute atomic E-state index is 13.5. The van der Waals surface area contributed by atoms with E-state index in [9.17, 15) is 22.8 Å². The maximum atomic E-state index is 13.5. The molecule has 2 aromatic rings. The molecule has 1 aromatic heterocycles. The number of nitrogens with one attached hydrogen (secondary N) is 1. The molecule has 6 nitrogen and oxygen atoms in total. The van der Waals surface area contributed by atoms with Crippen LogP contribution in [0.4, 0.5) is 13.2 Å². The molecular weight excluding hydrogens is 339 g/mol. The van der Waals surface area contributed by atoms with Crippen molar-refractivity contribution >= 4 is 11.9 Å². The minimum Gasteiger partial charge on any atom is -0.481 e. The van der Waals surface area contributed by atoms with Crippen LogP contribution in [-0.4, -0.2) is 33.3 Å². The van der Waals surface area contributed by atoms with Crippen LogP contribution in [0.5, 0.6) is 0 Å². The average Bonchev–Trinajstić information content (AvgIpc) is 2.97. The first-order valence-electron chi connectivity index (χ1n) is 7.34. The van der Waals surface area contributed by atoms with E-state index < -0.39 is 35.2 Å². The number of halogens is 3. The fourth-order valence-electron chi connectivity index (χ4n) is 2.17. The second kappa shape index (κ2) is 6.96. The third-order valence-corrected chi connectivity index (χ3v) is 3.52. The molecule has 0 bridgehead atoms. The number of alkyl halides is 3. The quantitative estimate of drug-likeness (QED) is 0.864. The number of aryl methyl sites for hydroxylation is 1. The van der Waals surface area contributed by atoms with Crippen LogP contribution in [0, 0.1) is 12.8 Å². The Morgan fingerprint density at radius 2 is 2.04 bits per heavy atom. The minimum atomic E-state index is -4.81. The molecule has 2 N–H and O–H groups in total. The van der Waals surface area contributed by atoms with Gasteiger partial charge in [0.1, 0.15) is 0 Å². The van der Waals surface area contributed by atoms with Crippen LogP contribution in [0.1, 0.15) is 28.5 Å². The molecule has 0 saturated carbocycles. The second-order valence-corrected chi connectivity index (χ2v) is 5.60. The van der Waals surface area contributed by atoms with E-state index in [0.717, 1.165) is 11.8 Å². The van der Waals surface area contributed by atoms with E-state index in [4.69, 9.17) is 5.11 Å². The summed E-state index contributed by atoms with van der Waals surface area (Å²) in [6.45, 7) is 2.77. The first-order chi connectivity index (χ1) is 11.6. The van der Waals surface area contributed by atoms with Gasteiger partial charge in [-0.05, 0) is 24.6 Å². The molecule has 134 valence electrons. The zero-order valence-corrected chi connectivity index (χ0v) is 13.5. The highest BCUT2D eigenvalue weighted by molar-refractivity contribution is 5.95. The van der Waals surface area contributed by atoms with Gasteiger partial charge in [-0.2, -0.15) is 18.3 Å². The molecule has 0 spiro atoms. The molecule has 0 radical (unpaired) electrons. The van der Waals surface area contributed by atoms with Crippen molar-refractivity contribution < 1.29 is 27.9 Å². The van der Waals surface area contributed by atoms with Crippen LogP contribution < -0.4 is 5.32 Å². The number of nitrogens with zero attached hydrogens (tertiary/aromatic N) is 2. The third kappa shape index (κ3) is 4.17. The molecule has 25 heavy (non-hydrogen) atoms. The summed E-state index contributed by atoms with van der Waals surface area (Å²) < 4.78 is 41.1. The Hall–Kier alpha value is -2.84. The predicted octanol–water partition coefficient (Wildman–Crippen LogP) is 2.65. The van der Waals surface area contributed by atoms with E-state index in [-0.39, 0.29) is 12.2 Å². The lowest BCUT2D eigenvalue weighted by atomic mass is 10.1. The van der Waals surface area contributed by atoms with Crippen molar-refractivity contribution in [3.63, 3.8) is 0 Å². The van der Waals surface area contributed by atoms with E-state index in [0.29, 0.717) is 4.68 Å². The number of benzene rings is 1. The summed E-state index contributed by atoms with van der Waals surface area (Å²) in [6.07, 6.45) is -3.99. The zero-order chi connectivity index (χ0) is 18.8. The summed E-state index contributed by atoms with van der Waals surface area (Å²) >= 11 is 0. The molecule has 9 heteroatoms. The Balaban J connectivity index is 2.40. The first kappa shape index (κ1) is 18.5. The van der Waals surface area contributed by atoms with Crippen LogP contribution in [-0.2, 0) is 11.0 Å². The Bertz CT molecular complexity index is 799. The topological polar surface area (TPSA) is 84.2 Å². The highest BCUT2D eigenvalue weighted by atomic mass is 19.4. The van der Waals surface area contributed by atoms with Crippen molar-refractivity contribution in [1.29, 1.82) is 0 Å². The molecule has 0 aliphatic rings. The summed E-state index contributed by atoms with van der Waals surface area (Å²) in [5.74, 6) is -3.11. The van der Waals surface area contributed by atoms with E-state index in [1.54, 1.807) is 19.1 Å². The molecule has 0 aliphatic heterocycles. The monoisotopic (exact) mass is 355 g/mol. The fourth-order valence-corrected chi connectivity index (χ4v) is 2.17. The van der Waals surface area contributed by atoms with Crippen molar-refractivity contribution in [3.8, 4) is 5.69 Å². The van der Waals surface area contributed by atoms with Crippen LogP contribution >= 0.6 is 0 Å². The highest BCUT2D eigenvalue weighted by Crippen LogP contribution is 2.33. The Kier molecular flexibility index (Phi) is 5.15. The smallest absolute Gasteiger partial charge is 0.434 e. The summed E-state index contributed by atoms with van der Waals surface area (Å²) in [6, 6.07) is 6.27. The molecule has 1 amide bonds. The number of rotatable bonds is 5. The molecule has 0 fully saturated rings. The van der Waals surface area contributed by atoms with Gasteiger partial charge in [-0.3, -0.25) is 9.59 Å². The lowest BCUT2D eigenvalue weighted by molar-refractivity contribution is -0.143. The number of carbonyl (C=O) groups is 2. The standard InChI is InChI=1S/C16H16F3N3O3/c1-9-4-3-5-11(6-9)22-13(16(17,18)19)12(8-21-22)14(23)20-7-10(2)15(24)25/h3-6,8,10H,7H2,1-2H3,(H,20,23)(H,24,25). The van der Waals surface area contributed by atoms with Gasteiger partial charge in [-0.1, -0.05) is 19.1 Å². The average molecular weight is 355 g/mol. The molecule has 1 atom stereocenters. The molecule has 0 saturated heterocycles. The van der Waals surface area contributed by atoms with Crippen LogP contribution in [0.25, 0.3) is 5.69 Å². The SMILES string of the molecule is Cc1cccc(-n2ncc(C(=O)NCC(C)C(=O)O)c2C(F)(F)F)c1. The number of aliphatic carboxylic acids is 1. The van der Waals surface area contributed by atoms with Crippen molar-refractivity contribution in [1.82, 2.24) is 15.1 Å². The molecule has 1 unspecified atom stereocenters. The van der Waals surface area contributed by atoms with E-state index in [1.807, 2.05) is 0 Å². The Morgan fingerprint density at radius 3 is 2.60 bits per heavy atom. The van der Waals surface area contributed by atoms with E-state index in [2.05, 4.69) is 10.4 Å². The number of hydrogen-bond acceptors (Lipinski definition) is 3. The molecule has 1 aromatic carbocycles. The second-order valence-electron chi connectivity index (χ2n) is 5.60. The fraction of sp³-hybridized carbons (Fsp3) is 0.312. The summed E-state index contributed by atoms with van der Waals surface area (Å²) in [5.41, 5.74) is -0.960. The summed E-state index contributed by atoms with van der Waals surface area (Å²) in [7, 11) is 0. The predicted molar refractivity (Wildman–Crippen MR) is 82.4 cm³/mol. The number of carboxylic acids is 1. The number of carbonyl (C=O) groups excluding carboxylic acids is 1. The van der Waals surface area contributed by atoms with Crippen LogP contribution in [0.2, 0.25) is 0 Å². The lowest BCUT2D eigenvalue weighted by Gasteiger charge is -2.13. The van der Waals surface area contributed by atoms with Crippen molar-refractivity contribution in [2.24, 2.45) is 5.92 Å². The normalized spacial score (nSPS) is 12.7. The van der Waals surface area contributed by atoms with Gasteiger partial charge >= 0.3 is 12.1 Å². The van der Waals surface area contributed by atoms with E-state index in [1.165, 1.54) is 19.1 Å². The van der Waals surface area contributed by atoms with Crippen molar-refractivity contribution in [2.75, 3.05) is 6.54 Å². The van der Waals surface area contributed by atoms with Crippen LogP contribution in [0.3, 0.4) is 0 Å². The minimum absolute atomic E-state index is 0.172. The van der Waals surface area contributed by atoms with Gasteiger partial charge in [0, 0.05) is 6.54 Å². The van der Waals surface area contributed by atoms with Gasteiger partial charge in [-0.25, -0.2) is 4.68 Å². The molecule has 0 aliphatic carbocycles. The first-order valence-corrected chi connectivity index (χ1v) is 7.34. The van der Waals surface area contributed by atoms with Gasteiger partial charge in [0.05, 0.1) is 23.4 Å². The Labute approximate surface area is 141 Å². The molecule has 2 rings (SSSR count). The number of amides is 1. The Morgan fingerprint density at radius 1 is 1.36 bits per heavy atom. The largest absolute Gasteiger partial charge is 0.481 e. The van der Waals surface area contributed by atoms with Crippen molar-refractivity contribution in [3.05, 3.63) is 47.3 Å². The van der Waals surface area contributed by atoms with E-state index >= 15 is 0 Å². The van der Waals surface area contributed by atoms with Gasteiger partial charge in [0.25, 0.3) is 5.91 Å². The zero-order valence-electron chi connectivity index (χ0n) is 13.5. The molecular formula is C16H16F3N3O3. The third-order valence-electron chi connectivity index (χ3n) is 3.52. The molecule has 1 heterocycles. The van der Waals surface area contributed by atoms with Gasteiger partial charge in [0.15, 0.2) is 5.69 Å². The number of carboxylic acid groups (broad SMARTS) is 1. The van der Waals surface area contributed by atoms with Crippen LogP contribution in [0.15, 0.2) is 30.5 Å². The highest BCUT2D eigenvalue weighted by Gasteiger charge is 2.40.